The van der Waals surface area contributed by atoms with Crippen molar-refractivity contribution >= 4 is 29.2 Å². The number of amides is 1. The lowest BCUT2D eigenvalue weighted by Crippen LogP contribution is -2.12. The van der Waals surface area contributed by atoms with Gasteiger partial charge in [0, 0.05) is 29.3 Å². The predicted molar refractivity (Wildman–Crippen MR) is 97.5 cm³/mol. The summed E-state index contributed by atoms with van der Waals surface area (Å²) in [6.45, 7) is 0. The maximum atomic E-state index is 12.4. The summed E-state index contributed by atoms with van der Waals surface area (Å²) in [4.78, 5) is 32.0. The van der Waals surface area contributed by atoms with Crippen LogP contribution in [0.3, 0.4) is 0 Å². The van der Waals surface area contributed by atoms with Crippen LogP contribution in [0.2, 0.25) is 0 Å². The zero-order valence-electron chi connectivity index (χ0n) is 14.0. The predicted octanol–water partition coefficient (Wildman–Crippen LogP) is 3.26. The quantitative estimate of drug-likeness (QED) is 0.688. The van der Waals surface area contributed by atoms with Crippen molar-refractivity contribution in [2.45, 2.75) is 0 Å². The Kier molecular flexibility index (Phi) is 5.19. The first-order chi connectivity index (χ1) is 12.7. The van der Waals surface area contributed by atoms with Crippen LogP contribution >= 0.6 is 0 Å². The van der Waals surface area contributed by atoms with E-state index in [1.54, 1.807) is 60.9 Å². The standard InChI is InChI=1S/C19H16N4O3/c1-26-18(25)13-6-8-15(9-7-13)22-17(24)14-4-2-5-16(12-14)23-19-20-10-3-11-21-19/h2-12H,1H3,(H,22,24)(H,20,21,23). The highest BCUT2D eigenvalue weighted by molar-refractivity contribution is 6.05. The molecule has 0 spiro atoms. The van der Waals surface area contributed by atoms with E-state index in [-0.39, 0.29) is 5.91 Å². The van der Waals surface area contributed by atoms with Gasteiger partial charge in [0.15, 0.2) is 0 Å². The molecule has 0 unspecified atom stereocenters. The van der Waals surface area contributed by atoms with Crippen molar-refractivity contribution in [1.82, 2.24) is 9.97 Å². The SMILES string of the molecule is COC(=O)c1ccc(NC(=O)c2cccc(Nc3ncccn3)c2)cc1. The zero-order chi connectivity index (χ0) is 18.4. The summed E-state index contributed by atoms with van der Waals surface area (Å²) < 4.78 is 4.65. The normalized spacial score (nSPS) is 10.0. The summed E-state index contributed by atoms with van der Waals surface area (Å²) in [6.07, 6.45) is 3.26. The van der Waals surface area contributed by atoms with Gasteiger partial charge in [-0.1, -0.05) is 6.07 Å². The number of hydrogen-bond donors (Lipinski definition) is 2. The molecule has 3 rings (SSSR count). The largest absolute Gasteiger partial charge is 0.465 e. The maximum Gasteiger partial charge on any atom is 0.337 e. The van der Waals surface area contributed by atoms with Crippen molar-refractivity contribution in [2.75, 3.05) is 17.7 Å². The van der Waals surface area contributed by atoms with Crippen LogP contribution in [0.25, 0.3) is 0 Å². The summed E-state index contributed by atoms with van der Waals surface area (Å²) in [5.74, 6) is -0.248. The van der Waals surface area contributed by atoms with Crippen molar-refractivity contribution in [3.8, 4) is 0 Å². The van der Waals surface area contributed by atoms with Crippen molar-refractivity contribution in [1.29, 1.82) is 0 Å². The molecule has 0 bridgehead atoms. The average molecular weight is 348 g/mol. The summed E-state index contributed by atoms with van der Waals surface area (Å²) in [6, 6.07) is 15.2. The van der Waals surface area contributed by atoms with Crippen molar-refractivity contribution in [3.63, 3.8) is 0 Å². The van der Waals surface area contributed by atoms with Gasteiger partial charge in [0.1, 0.15) is 0 Å². The summed E-state index contributed by atoms with van der Waals surface area (Å²) in [5, 5.41) is 5.82. The smallest absolute Gasteiger partial charge is 0.337 e. The van der Waals surface area contributed by atoms with E-state index in [0.29, 0.717) is 28.5 Å². The maximum absolute atomic E-state index is 12.4. The molecule has 1 amide bonds. The highest BCUT2D eigenvalue weighted by atomic mass is 16.5. The third-order valence-corrected chi connectivity index (χ3v) is 3.51. The molecule has 1 heterocycles. The Balaban J connectivity index is 1.70. The first-order valence-electron chi connectivity index (χ1n) is 7.79. The van der Waals surface area contributed by atoms with Crippen molar-refractivity contribution in [3.05, 3.63) is 78.1 Å². The molecule has 0 aliphatic heterocycles. The van der Waals surface area contributed by atoms with Crippen molar-refractivity contribution in [2.24, 2.45) is 0 Å². The van der Waals surface area contributed by atoms with E-state index in [1.807, 2.05) is 6.07 Å². The Bertz CT molecular complexity index is 912. The highest BCUT2D eigenvalue weighted by Crippen LogP contribution is 2.16. The molecule has 2 N–H and O–H groups in total. The number of nitrogens with one attached hydrogen (secondary N) is 2. The minimum atomic E-state index is -0.426. The molecular formula is C19H16N4O3. The molecule has 0 radical (unpaired) electrons. The van der Waals surface area contributed by atoms with E-state index in [1.165, 1.54) is 7.11 Å². The van der Waals surface area contributed by atoms with Crippen LogP contribution in [0.15, 0.2) is 67.0 Å². The van der Waals surface area contributed by atoms with Gasteiger partial charge in [-0.15, -0.1) is 0 Å². The topological polar surface area (TPSA) is 93.2 Å². The number of methoxy groups -OCH3 is 1. The van der Waals surface area contributed by atoms with Crippen LogP contribution in [0, 0.1) is 0 Å². The van der Waals surface area contributed by atoms with Gasteiger partial charge in [-0.25, -0.2) is 14.8 Å². The summed E-state index contributed by atoms with van der Waals surface area (Å²) >= 11 is 0. The lowest BCUT2D eigenvalue weighted by Gasteiger charge is -2.08. The van der Waals surface area contributed by atoms with E-state index >= 15 is 0 Å². The van der Waals surface area contributed by atoms with Crippen LogP contribution in [-0.2, 0) is 4.74 Å². The Morgan fingerprint density at radius 1 is 0.885 bits per heavy atom. The summed E-state index contributed by atoms with van der Waals surface area (Å²) in [7, 11) is 1.32. The van der Waals surface area contributed by atoms with Crippen LogP contribution < -0.4 is 10.6 Å². The second-order valence-electron chi connectivity index (χ2n) is 5.30. The van der Waals surface area contributed by atoms with Crippen LogP contribution in [0.4, 0.5) is 17.3 Å². The van der Waals surface area contributed by atoms with E-state index in [2.05, 4.69) is 25.3 Å². The number of benzene rings is 2. The minimum Gasteiger partial charge on any atom is -0.465 e. The molecule has 0 fully saturated rings. The molecule has 0 saturated carbocycles. The first kappa shape index (κ1) is 17.1. The van der Waals surface area contributed by atoms with Gasteiger partial charge in [0.25, 0.3) is 5.91 Å². The number of rotatable bonds is 5. The minimum absolute atomic E-state index is 0.270. The van der Waals surface area contributed by atoms with E-state index in [0.717, 1.165) is 0 Å². The third kappa shape index (κ3) is 4.21. The highest BCUT2D eigenvalue weighted by Gasteiger charge is 2.09. The van der Waals surface area contributed by atoms with Gasteiger partial charge < -0.3 is 15.4 Å². The molecule has 130 valence electrons. The number of aromatic nitrogens is 2. The molecule has 26 heavy (non-hydrogen) atoms. The lowest BCUT2D eigenvalue weighted by molar-refractivity contribution is 0.0600. The Morgan fingerprint density at radius 2 is 1.62 bits per heavy atom. The van der Waals surface area contributed by atoms with Gasteiger partial charge in [0.2, 0.25) is 5.95 Å². The molecule has 0 atom stereocenters. The fourth-order valence-corrected chi connectivity index (χ4v) is 2.24. The fraction of sp³-hybridized carbons (Fsp3) is 0.0526. The Hall–Kier alpha value is -3.74. The third-order valence-electron chi connectivity index (χ3n) is 3.51. The monoisotopic (exact) mass is 348 g/mol. The van der Waals surface area contributed by atoms with Crippen LogP contribution in [0.1, 0.15) is 20.7 Å². The van der Waals surface area contributed by atoms with Gasteiger partial charge in [-0.3, -0.25) is 4.79 Å². The van der Waals surface area contributed by atoms with E-state index in [9.17, 15) is 9.59 Å². The molecular weight excluding hydrogens is 332 g/mol. The second kappa shape index (κ2) is 7.89. The second-order valence-corrected chi connectivity index (χ2v) is 5.30. The number of carbonyl (C=O) groups excluding carboxylic acids is 2. The lowest BCUT2D eigenvalue weighted by atomic mass is 10.1. The molecule has 1 aromatic heterocycles. The molecule has 0 aliphatic rings. The van der Waals surface area contributed by atoms with Crippen molar-refractivity contribution < 1.29 is 14.3 Å². The number of esters is 1. The molecule has 0 aliphatic carbocycles. The summed E-state index contributed by atoms with van der Waals surface area (Å²) in [5.41, 5.74) is 2.17. The molecule has 2 aromatic carbocycles. The van der Waals surface area contributed by atoms with E-state index < -0.39 is 5.97 Å². The number of ether oxygens (including phenoxy) is 1. The zero-order valence-corrected chi connectivity index (χ0v) is 14.0. The molecule has 3 aromatic rings. The Morgan fingerprint density at radius 3 is 2.31 bits per heavy atom. The number of anilines is 3. The average Bonchev–Trinajstić information content (AvgIpc) is 2.69. The number of hydrogen-bond acceptors (Lipinski definition) is 6. The van der Waals surface area contributed by atoms with E-state index in [4.69, 9.17) is 0 Å². The number of carbonyl (C=O) groups is 2. The Labute approximate surface area is 150 Å². The number of nitrogens with zero attached hydrogens (tertiary/aromatic N) is 2. The fourth-order valence-electron chi connectivity index (χ4n) is 2.24. The van der Waals surface area contributed by atoms with Gasteiger partial charge in [-0.05, 0) is 48.5 Å². The molecule has 0 saturated heterocycles. The van der Waals surface area contributed by atoms with Crippen LogP contribution in [0.5, 0.6) is 0 Å². The van der Waals surface area contributed by atoms with Crippen LogP contribution in [-0.4, -0.2) is 29.0 Å². The first-order valence-corrected chi connectivity index (χ1v) is 7.79. The molecule has 7 nitrogen and oxygen atoms in total. The van der Waals surface area contributed by atoms with Gasteiger partial charge in [-0.2, -0.15) is 0 Å². The van der Waals surface area contributed by atoms with Gasteiger partial charge in [0.05, 0.1) is 12.7 Å². The molecule has 7 heteroatoms. The van der Waals surface area contributed by atoms with Gasteiger partial charge >= 0.3 is 5.97 Å².